The second-order valence-corrected chi connectivity index (χ2v) is 8.77. The Morgan fingerprint density at radius 1 is 1.07 bits per heavy atom. The third-order valence-electron chi connectivity index (χ3n) is 3.90. The number of hydrogen-bond donors (Lipinski definition) is 3. The van der Waals surface area contributed by atoms with Crippen molar-refractivity contribution in [2.45, 2.75) is 18.8 Å². The first-order valence-corrected chi connectivity index (χ1v) is 11.9. The maximum absolute atomic E-state index is 13.5. The molecule has 0 aromatic heterocycles. The summed E-state index contributed by atoms with van der Waals surface area (Å²) >= 11 is 1.63. The minimum Gasteiger partial charge on any atom is -0.352 e. The van der Waals surface area contributed by atoms with Crippen LogP contribution >= 0.6 is 11.8 Å². The van der Waals surface area contributed by atoms with Crippen LogP contribution in [0, 0.1) is 5.82 Å². The maximum Gasteiger partial charge on any atom is 0.229 e. The van der Waals surface area contributed by atoms with Crippen LogP contribution in [-0.2, 0) is 28.9 Å². The predicted molar refractivity (Wildman–Crippen MR) is 116 cm³/mol. The van der Waals surface area contributed by atoms with Gasteiger partial charge in [-0.05, 0) is 41.1 Å². The van der Waals surface area contributed by atoms with Crippen molar-refractivity contribution in [1.82, 2.24) is 10.6 Å². The van der Waals surface area contributed by atoms with Gasteiger partial charge in [0, 0.05) is 25.9 Å². The first kappa shape index (κ1) is 22.0. The Morgan fingerprint density at radius 2 is 1.75 bits per heavy atom. The molecule has 0 saturated carbocycles. The summed E-state index contributed by atoms with van der Waals surface area (Å²) in [6.45, 7) is 0.887. The van der Waals surface area contributed by atoms with E-state index in [-0.39, 0.29) is 5.82 Å². The Kier molecular flexibility index (Phi) is 8.13. The number of anilines is 1. The lowest BCUT2D eigenvalue weighted by atomic mass is 10.1. The maximum atomic E-state index is 13.5. The molecule has 0 spiro atoms. The van der Waals surface area contributed by atoms with Crippen LogP contribution in [0.4, 0.5) is 10.1 Å². The molecule has 0 radical (unpaired) electrons. The third kappa shape index (κ3) is 7.05. The van der Waals surface area contributed by atoms with Crippen LogP contribution in [0.3, 0.4) is 0 Å². The number of rotatable bonds is 8. The highest BCUT2D eigenvalue weighted by molar-refractivity contribution is 7.97. The summed E-state index contributed by atoms with van der Waals surface area (Å²) < 4.78 is 39.0. The summed E-state index contributed by atoms with van der Waals surface area (Å²) in [5, 5.41) is 6.38. The summed E-state index contributed by atoms with van der Waals surface area (Å²) in [4.78, 5) is 4.19. The second-order valence-electron chi connectivity index (χ2n) is 6.16. The van der Waals surface area contributed by atoms with Gasteiger partial charge in [0.2, 0.25) is 10.0 Å². The highest BCUT2D eigenvalue weighted by Crippen LogP contribution is 2.17. The van der Waals surface area contributed by atoms with Crippen LogP contribution < -0.4 is 15.4 Å². The number of para-hydroxylation sites is 1. The molecule has 0 amide bonds. The molecule has 6 nitrogen and oxygen atoms in total. The monoisotopic (exact) mass is 424 g/mol. The van der Waals surface area contributed by atoms with Gasteiger partial charge in [0.15, 0.2) is 5.96 Å². The molecule has 0 fully saturated rings. The molecule has 2 aromatic rings. The quantitative estimate of drug-likeness (QED) is 0.448. The van der Waals surface area contributed by atoms with Gasteiger partial charge in [0.05, 0.1) is 11.9 Å². The number of aliphatic imine (C=N–C) groups is 1. The fourth-order valence-corrected chi connectivity index (χ4v) is 3.79. The van der Waals surface area contributed by atoms with Crippen molar-refractivity contribution in [2.24, 2.45) is 4.99 Å². The molecule has 3 N–H and O–H groups in total. The van der Waals surface area contributed by atoms with Crippen molar-refractivity contribution in [3.8, 4) is 0 Å². The summed E-state index contributed by atoms with van der Waals surface area (Å²) in [6.07, 6.45) is 3.09. The summed E-state index contributed by atoms with van der Waals surface area (Å²) in [7, 11) is -1.70. The van der Waals surface area contributed by atoms with Gasteiger partial charge in [0.25, 0.3) is 0 Å². The Hall–Kier alpha value is -2.26. The number of hydrogen-bond acceptors (Lipinski definition) is 4. The van der Waals surface area contributed by atoms with Crippen molar-refractivity contribution in [1.29, 1.82) is 0 Å². The van der Waals surface area contributed by atoms with Crippen molar-refractivity contribution in [3.05, 3.63) is 65.0 Å². The summed E-state index contributed by atoms with van der Waals surface area (Å²) in [5.74, 6) is 1.05. The van der Waals surface area contributed by atoms with Crippen molar-refractivity contribution < 1.29 is 12.8 Å². The molecule has 9 heteroatoms. The fourth-order valence-electron chi connectivity index (χ4n) is 2.61. The van der Waals surface area contributed by atoms with Gasteiger partial charge in [-0.25, -0.2) is 12.8 Å². The molecule has 28 heavy (non-hydrogen) atoms. The van der Waals surface area contributed by atoms with E-state index in [2.05, 4.69) is 20.3 Å². The summed E-state index contributed by atoms with van der Waals surface area (Å²) in [5.41, 5.74) is 3.26. The first-order chi connectivity index (χ1) is 13.3. The fraction of sp³-hybridized carbons (Fsp3) is 0.316. The Balaban J connectivity index is 2.02. The number of guanidine groups is 1. The van der Waals surface area contributed by atoms with Gasteiger partial charge in [0.1, 0.15) is 5.82 Å². The zero-order valence-corrected chi connectivity index (χ0v) is 17.8. The molecule has 152 valence electrons. The number of thioether (sulfide) groups is 1. The van der Waals surface area contributed by atoms with E-state index in [0.717, 1.165) is 28.7 Å². The zero-order chi connectivity index (χ0) is 20.6. The zero-order valence-electron chi connectivity index (χ0n) is 16.1. The molecule has 2 aromatic carbocycles. The molecule has 0 unspecified atom stereocenters. The first-order valence-electron chi connectivity index (χ1n) is 8.59. The van der Waals surface area contributed by atoms with Crippen molar-refractivity contribution in [2.75, 3.05) is 24.3 Å². The topological polar surface area (TPSA) is 82.6 Å². The van der Waals surface area contributed by atoms with Gasteiger partial charge < -0.3 is 10.6 Å². The third-order valence-corrected chi connectivity index (χ3v) is 5.09. The molecule has 2 rings (SSSR count). The minimum atomic E-state index is -3.36. The predicted octanol–water partition coefficient (Wildman–Crippen LogP) is 2.93. The highest BCUT2D eigenvalue weighted by atomic mass is 32.2. The number of benzene rings is 2. The molecule has 0 bridgehead atoms. The van der Waals surface area contributed by atoms with E-state index in [4.69, 9.17) is 0 Å². The Bertz CT molecular complexity index is 933. The van der Waals surface area contributed by atoms with E-state index in [9.17, 15) is 12.8 Å². The lowest BCUT2D eigenvalue weighted by molar-refractivity contribution is 0.606. The van der Waals surface area contributed by atoms with Gasteiger partial charge >= 0.3 is 0 Å². The lowest BCUT2D eigenvalue weighted by Crippen LogP contribution is -2.36. The van der Waals surface area contributed by atoms with Crippen LogP contribution in [0.2, 0.25) is 0 Å². The average Bonchev–Trinajstić information content (AvgIpc) is 2.63. The summed E-state index contributed by atoms with van der Waals surface area (Å²) in [6, 6.07) is 11.9. The van der Waals surface area contributed by atoms with E-state index >= 15 is 0 Å². The highest BCUT2D eigenvalue weighted by Gasteiger charge is 2.09. The number of nitrogens with zero attached hydrogens (tertiary/aromatic N) is 1. The van der Waals surface area contributed by atoms with Crippen molar-refractivity contribution >= 4 is 33.4 Å². The van der Waals surface area contributed by atoms with Crippen molar-refractivity contribution in [3.63, 3.8) is 0 Å². The van der Waals surface area contributed by atoms with Gasteiger partial charge in [-0.3, -0.25) is 9.71 Å². The molecule has 0 aliphatic heterocycles. The van der Waals surface area contributed by atoms with E-state index in [1.165, 1.54) is 6.07 Å². The Morgan fingerprint density at radius 3 is 2.39 bits per heavy atom. The SMILES string of the molecule is CN=C(NCc1ccc(F)cc1CSC)NCc1ccccc1NS(C)(=O)=O. The molecular weight excluding hydrogens is 399 g/mol. The van der Waals surface area contributed by atoms with E-state index in [0.29, 0.717) is 24.7 Å². The number of halogens is 1. The normalized spacial score (nSPS) is 11.9. The van der Waals surface area contributed by atoms with E-state index in [1.54, 1.807) is 43.1 Å². The van der Waals surface area contributed by atoms with Gasteiger partial charge in [-0.15, -0.1) is 0 Å². The van der Waals surface area contributed by atoms with Gasteiger partial charge in [-0.2, -0.15) is 11.8 Å². The van der Waals surface area contributed by atoms with E-state index < -0.39 is 10.0 Å². The average molecular weight is 425 g/mol. The van der Waals surface area contributed by atoms with E-state index in [1.807, 2.05) is 18.4 Å². The minimum absolute atomic E-state index is 0.245. The van der Waals surface area contributed by atoms with Crippen LogP contribution in [0.1, 0.15) is 16.7 Å². The van der Waals surface area contributed by atoms with Gasteiger partial charge in [-0.1, -0.05) is 24.3 Å². The second kappa shape index (κ2) is 10.3. The molecule has 0 atom stereocenters. The van der Waals surface area contributed by atoms with Crippen LogP contribution in [0.25, 0.3) is 0 Å². The number of sulfonamides is 1. The van der Waals surface area contributed by atoms with Crippen LogP contribution in [0.5, 0.6) is 0 Å². The molecule has 0 aliphatic carbocycles. The molecule has 0 aliphatic rings. The Labute approximate surface area is 170 Å². The largest absolute Gasteiger partial charge is 0.352 e. The molecular formula is C19H25FN4O2S2. The smallest absolute Gasteiger partial charge is 0.229 e. The molecule has 0 saturated heterocycles. The van der Waals surface area contributed by atoms with Crippen LogP contribution in [0.15, 0.2) is 47.5 Å². The number of nitrogens with one attached hydrogen (secondary N) is 3. The standard InChI is InChI=1S/C19H25FN4O2S2/c1-21-19(22-11-14-8-9-17(20)10-16(14)13-27-2)23-12-15-6-4-5-7-18(15)24-28(3,25)26/h4-10,24H,11-13H2,1-3H3,(H2,21,22,23). The lowest BCUT2D eigenvalue weighted by Gasteiger charge is -2.16. The molecule has 0 heterocycles. The van der Waals surface area contributed by atoms with Crippen LogP contribution in [-0.4, -0.2) is 33.9 Å².